The maximum atomic E-state index is 13.0. The zero-order chi connectivity index (χ0) is 14.9. The molecule has 2 aromatic rings. The third kappa shape index (κ3) is 3.14. The molecule has 0 saturated heterocycles. The highest BCUT2D eigenvalue weighted by Crippen LogP contribution is 2.09. The maximum Gasteiger partial charge on any atom is 0.328 e. The van der Waals surface area contributed by atoms with Crippen LogP contribution in [0.4, 0.5) is 4.39 Å². The van der Waals surface area contributed by atoms with E-state index >= 15 is 0 Å². The predicted molar refractivity (Wildman–Crippen MR) is 69.9 cm³/mol. The third-order valence-electron chi connectivity index (χ3n) is 2.48. The van der Waals surface area contributed by atoms with Crippen LogP contribution in [0.3, 0.4) is 0 Å². The van der Waals surface area contributed by atoms with Crippen LogP contribution >= 0.6 is 10.7 Å². The van der Waals surface area contributed by atoms with E-state index in [0.29, 0.717) is 5.56 Å². The van der Waals surface area contributed by atoms with E-state index in [4.69, 9.17) is 10.7 Å². The summed E-state index contributed by atoms with van der Waals surface area (Å²) in [6.45, 7) is -0.104. The number of nitrogens with zero attached hydrogens (tertiary/aromatic N) is 1. The van der Waals surface area contributed by atoms with E-state index in [1.807, 2.05) is 4.98 Å². The fraction of sp³-hybridized carbons (Fsp3) is 0.0909. The van der Waals surface area contributed by atoms with Crippen molar-refractivity contribution in [2.24, 2.45) is 0 Å². The standard InChI is InChI=1S/C11H8ClFN2O4S/c12-20(18,19)9-6-15(11(17)14-10(9)16)5-7-2-1-3-8(13)4-7/h1-4,6H,5H2,(H,14,16,17). The van der Waals surface area contributed by atoms with E-state index < -0.39 is 31.0 Å². The predicted octanol–water partition coefficient (Wildman–Crippen LogP) is 0.651. The Morgan fingerprint density at radius 3 is 2.60 bits per heavy atom. The van der Waals surface area contributed by atoms with Gasteiger partial charge in [-0.05, 0) is 17.7 Å². The van der Waals surface area contributed by atoms with Gasteiger partial charge in [-0.15, -0.1) is 0 Å². The molecule has 0 atom stereocenters. The highest BCUT2D eigenvalue weighted by atomic mass is 35.7. The molecule has 0 radical (unpaired) electrons. The molecule has 0 saturated carbocycles. The Bertz CT molecular complexity index is 872. The van der Waals surface area contributed by atoms with Crippen LogP contribution in [0.15, 0.2) is 44.9 Å². The second-order valence-electron chi connectivity index (χ2n) is 3.95. The summed E-state index contributed by atoms with van der Waals surface area (Å²) < 4.78 is 36.4. The van der Waals surface area contributed by atoms with Gasteiger partial charge >= 0.3 is 5.69 Å². The molecule has 0 spiro atoms. The van der Waals surface area contributed by atoms with E-state index in [0.717, 1.165) is 10.8 Å². The molecule has 106 valence electrons. The Balaban J connectivity index is 2.53. The lowest BCUT2D eigenvalue weighted by atomic mass is 10.2. The van der Waals surface area contributed by atoms with Gasteiger partial charge in [-0.1, -0.05) is 12.1 Å². The quantitative estimate of drug-likeness (QED) is 0.842. The van der Waals surface area contributed by atoms with E-state index in [9.17, 15) is 22.4 Å². The van der Waals surface area contributed by atoms with Crippen LogP contribution in [0.1, 0.15) is 5.56 Å². The molecule has 0 fully saturated rings. The van der Waals surface area contributed by atoms with Gasteiger partial charge in [0.1, 0.15) is 5.82 Å². The zero-order valence-corrected chi connectivity index (χ0v) is 11.4. The Hall–Kier alpha value is -1.93. The number of aromatic nitrogens is 2. The third-order valence-corrected chi connectivity index (χ3v) is 3.80. The van der Waals surface area contributed by atoms with Crippen molar-refractivity contribution in [2.75, 3.05) is 0 Å². The molecule has 1 heterocycles. The van der Waals surface area contributed by atoms with E-state index in [1.54, 1.807) is 6.07 Å². The Kier molecular flexibility index (Phi) is 3.78. The lowest BCUT2D eigenvalue weighted by Crippen LogP contribution is -2.32. The first-order valence-electron chi connectivity index (χ1n) is 5.30. The molecule has 1 N–H and O–H groups in total. The summed E-state index contributed by atoms with van der Waals surface area (Å²) in [7, 11) is 0.815. The van der Waals surface area contributed by atoms with Gasteiger partial charge in [-0.3, -0.25) is 14.3 Å². The molecule has 0 aliphatic rings. The van der Waals surface area contributed by atoms with Crippen molar-refractivity contribution >= 4 is 19.7 Å². The first-order valence-corrected chi connectivity index (χ1v) is 7.61. The summed E-state index contributed by atoms with van der Waals surface area (Å²) in [4.78, 5) is 24.0. The summed E-state index contributed by atoms with van der Waals surface area (Å²) in [5.41, 5.74) is -1.49. The molecule has 1 aromatic heterocycles. The lowest BCUT2D eigenvalue weighted by Gasteiger charge is -2.06. The number of benzene rings is 1. The lowest BCUT2D eigenvalue weighted by molar-refractivity contribution is 0.601. The first-order chi connectivity index (χ1) is 9.27. The molecular formula is C11H8ClFN2O4S. The molecule has 0 aliphatic heterocycles. The minimum atomic E-state index is -4.28. The summed E-state index contributed by atoms with van der Waals surface area (Å²) in [6, 6.07) is 5.41. The van der Waals surface area contributed by atoms with Crippen LogP contribution in [-0.4, -0.2) is 18.0 Å². The number of nitrogens with one attached hydrogen (secondary N) is 1. The van der Waals surface area contributed by atoms with Crippen molar-refractivity contribution in [1.29, 1.82) is 0 Å². The Morgan fingerprint density at radius 2 is 2.00 bits per heavy atom. The number of H-pyrrole nitrogens is 1. The van der Waals surface area contributed by atoms with Crippen LogP contribution in [0, 0.1) is 5.82 Å². The maximum absolute atomic E-state index is 13.0. The molecule has 1 aromatic carbocycles. The molecule has 0 amide bonds. The van der Waals surface area contributed by atoms with E-state index in [1.165, 1.54) is 18.2 Å². The summed E-state index contributed by atoms with van der Waals surface area (Å²) >= 11 is 0. The van der Waals surface area contributed by atoms with Crippen molar-refractivity contribution in [3.8, 4) is 0 Å². The number of aromatic amines is 1. The average Bonchev–Trinajstić information content (AvgIpc) is 2.31. The number of halogens is 2. The Morgan fingerprint density at radius 1 is 1.30 bits per heavy atom. The van der Waals surface area contributed by atoms with Crippen molar-refractivity contribution in [1.82, 2.24) is 9.55 Å². The van der Waals surface area contributed by atoms with Gasteiger partial charge in [0.25, 0.3) is 14.6 Å². The molecule has 20 heavy (non-hydrogen) atoms. The van der Waals surface area contributed by atoms with E-state index in [-0.39, 0.29) is 6.54 Å². The smallest absolute Gasteiger partial charge is 0.295 e. The molecule has 0 unspecified atom stereocenters. The minimum absolute atomic E-state index is 0.104. The SMILES string of the molecule is O=c1[nH]c(=O)n(Cc2cccc(F)c2)cc1S(=O)(=O)Cl. The average molecular weight is 319 g/mol. The van der Waals surface area contributed by atoms with Crippen molar-refractivity contribution < 1.29 is 12.8 Å². The van der Waals surface area contributed by atoms with Crippen molar-refractivity contribution in [3.63, 3.8) is 0 Å². The first kappa shape index (κ1) is 14.5. The number of rotatable bonds is 3. The fourth-order valence-electron chi connectivity index (χ4n) is 1.61. The molecular weight excluding hydrogens is 311 g/mol. The second-order valence-corrected chi connectivity index (χ2v) is 6.48. The number of hydrogen-bond donors (Lipinski definition) is 1. The summed E-state index contributed by atoms with van der Waals surface area (Å²) in [5.74, 6) is -0.495. The highest BCUT2D eigenvalue weighted by molar-refractivity contribution is 8.13. The Labute approximate surface area is 116 Å². The van der Waals surface area contributed by atoms with Gasteiger partial charge in [0, 0.05) is 16.9 Å². The minimum Gasteiger partial charge on any atom is -0.295 e. The van der Waals surface area contributed by atoms with Crippen LogP contribution in [0.2, 0.25) is 0 Å². The van der Waals surface area contributed by atoms with Gasteiger partial charge < -0.3 is 0 Å². The zero-order valence-electron chi connectivity index (χ0n) is 9.84. The number of hydrogen-bond acceptors (Lipinski definition) is 4. The monoisotopic (exact) mass is 318 g/mol. The van der Waals surface area contributed by atoms with Gasteiger partial charge in [0.15, 0.2) is 4.90 Å². The summed E-state index contributed by atoms with van der Waals surface area (Å²) in [5, 5.41) is 0. The molecule has 0 aliphatic carbocycles. The largest absolute Gasteiger partial charge is 0.328 e. The van der Waals surface area contributed by atoms with Crippen molar-refractivity contribution in [3.05, 3.63) is 62.7 Å². The highest BCUT2D eigenvalue weighted by Gasteiger charge is 2.17. The topological polar surface area (TPSA) is 89.0 Å². The molecule has 2 rings (SSSR count). The van der Waals surface area contributed by atoms with Crippen LogP contribution < -0.4 is 11.2 Å². The molecule has 0 bridgehead atoms. The molecule has 6 nitrogen and oxygen atoms in total. The van der Waals surface area contributed by atoms with Crippen LogP contribution in [0.5, 0.6) is 0 Å². The fourth-order valence-corrected chi connectivity index (χ4v) is 2.47. The normalized spacial score (nSPS) is 11.5. The van der Waals surface area contributed by atoms with Crippen LogP contribution in [0.25, 0.3) is 0 Å². The van der Waals surface area contributed by atoms with Crippen LogP contribution in [-0.2, 0) is 15.6 Å². The van der Waals surface area contributed by atoms with Gasteiger partial charge in [0.2, 0.25) is 0 Å². The summed E-state index contributed by atoms with van der Waals surface area (Å²) in [6.07, 6.45) is 0.828. The van der Waals surface area contributed by atoms with Gasteiger partial charge in [-0.2, -0.15) is 0 Å². The molecule has 9 heteroatoms. The van der Waals surface area contributed by atoms with Crippen molar-refractivity contribution in [2.45, 2.75) is 11.4 Å². The van der Waals surface area contributed by atoms with Gasteiger partial charge in [-0.25, -0.2) is 17.6 Å². The second kappa shape index (κ2) is 5.22. The van der Waals surface area contributed by atoms with E-state index in [2.05, 4.69) is 0 Å². The van der Waals surface area contributed by atoms with Gasteiger partial charge in [0.05, 0.1) is 6.54 Å².